The van der Waals surface area contributed by atoms with Crippen LogP contribution in [0.3, 0.4) is 0 Å². The highest BCUT2D eigenvalue weighted by molar-refractivity contribution is 5.48. The summed E-state index contributed by atoms with van der Waals surface area (Å²) in [5.74, 6) is 0.955. The molecular weight excluding hydrogens is 282 g/mol. The monoisotopic (exact) mass is 311 g/mol. The maximum absolute atomic E-state index is 5.87. The highest BCUT2D eigenvalue weighted by Crippen LogP contribution is 2.18. The van der Waals surface area contributed by atoms with E-state index in [0.717, 1.165) is 37.4 Å². The molecule has 0 aliphatic rings. The molecule has 2 rings (SSSR count). The van der Waals surface area contributed by atoms with E-state index in [1.54, 1.807) is 0 Å². The summed E-state index contributed by atoms with van der Waals surface area (Å²) in [4.78, 5) is 0. The van der Waals surface area contributed by atoms with Gasteiger partial charge in [-0.3, -0.25) is 0 Å². The average Bonchev–Trinajstić information content (AvgIpc) is 2.60. The zero-order valence-electron chi connectivity index (χ0n) is 14.3. The van der Waals surface area contributed by atoms with E-state index in [9.17, 15) is 0 Å². The Morgan fingerprint density at radius 1 is 0.870 bits per heavy atom. The second kappa shape index (κ2) is 10.7. The van der Waals surface area contributed by atoms with Crippen LogP contribution in [0.5, 0.6) is 5.75 Å². The molecule has 2 aromatic rings. The SMILES string of the molecule is CCCCCCNc1cccc(OCCCc2ccccc2)c1. The molecule has 0 radical (unpaired) electrons. The third-order valence-electron chi connectivity index (χ3n) is 3.91. The van der Waals surface area contributed by atoms with Gasteiger partial charge in [-0.2, -0.15) is 0 Å². The van der Waals surface area contributed by atoms with Crippen LogP contribution in [0, 0.1) is 0 Å². The summed E-state index contributed by atoms with van der Waals surface area (Å²) < 4.78 is 5.87. The van der Waals surface area contributed by atoms with Crippen molar-refractivity contribution in [3.8, 4) is 5.75 Å². The van der Waals surface area contributed by atoms with Gasteiger partial charge in [0, 0.05) is 18.3 Å². The van der Waals surface area contributed by atoms with E-state index < -0.39 is 0 Å². The second-order valence-electron chi connectivity index (χ2n) is 5.95. The largest absolute Gasteiger partial charge is 0.494 e. The third kappa shape index (κ3) is 7.23. The van der Waals surface area contributed by atoms with Crippen LogP contribution >= 0.6 is 0 Å². The Hall–Kier alpha value is -1.96. The summed E-state index contributed by atoms with van der Waals surface area (Å²) in [5, 5.41) is 3.48. The van der Waals surface area contributed by atoms with Gasteiger partial charge in [-0.1, -0.05) is 62.6 Å². The highest BCUT2D eigenvalue weighted by Gasteiger charge is 1.98. The molecule has 0 saturated carbocycles. The number of unbranched alkanes of at least 4 members (excludes halogenated alkanes) is 3. The third-order valence-corrected chi connectivity index (χ3v) is 3.91. The molecule has 0 aliphatic heterocycles. The van der Waals surface area contributed by atoms with Gasteiger partial charge >= 0.3 is 0 Å². The Morgan fingerprint density at radius 2 is 1.74 bits per heavy atom. The molecule has 0 bridgehead atoms. The van der Waals surface area contributed by atoms with Crippen LogP contribution in [-0.2, 0) is 6.42 Å². The molecule has 0 aliphatic carbocycles. The first-order valence-corrected chi connectivity index (χ1v) is 8.89. The van der Waals surface area contributed by atoms with E-state index in [4.69, 9.17) is 4.74 Å². The van der Waals surface area contributed by atoms with Crippen molar-refractivity contribution in [3.63, 3.8) is 0 Å². The summed E-state index contributed by atoms with van der Waals surface area (Å²) in [5.41, 5.74) is 2.53. The Morgan fingerprint density at radius 3 is 2.57 bits per heavy atom. The number of benzene rings is 2. The summed E-state index contributed by atoms with van der Waals surface area (Å²) in [6.07, 6.45) is 7.25. The summed E-state index contributed by atoms with van der Waals surface area (Å²) >= 11 is 0. The fourth-order valence-corrected chi connectivity index (χ4v) is 2.59. The van der Waals surface area contributed by atoms with Crippen molar-refractivity contribution in [3.05, 3.63) is 60.2 Å². The maximum Gasteiger partial charge on any atom is 0.121 e. The number of rotatable bonds is 11. The van der Waals surface area contributed by atoms with Crippen molar-refractivity contribution >= 4 is 5.69 Å². The average molecular weight is 311 g/mol. The van der Waals surface area contributed by atoms with Gasteiger partial charge < -0.3 is 10.1 Å². The number of hydrogen-bond donors (Lipinski definition) is 1. The Kier molecular flexibility index (Phi) is 8.10. The van der Waals surface area contributed by atoms with E-state index in [1.807, 2.05) is 6.07 Å². The molecule has 0 fully saturated rings. The molecule has 1 N–H and O–H groups in total. The zero-order valence-corrected chi connectivity index (χ0v) is 14.3. The van der Waals surface area contributed by atoms with Gasteiger partial charge in [0.15, 0.2) is 0 Å². The summed E-state index contributed by atoms with van der Waals surface area (Å²) in [7, 11) is 0. The molecule has 124 valence electrons. The molecule has 0 spiro atoms. The number of aryl methyl sites for hydroxylation is 1. The lowest BCUT2D eigenvalue weighted by Crippen LogP contribution is -2.03. The molecule has 0 heterocycles. The molecule has 23 heavy (non-hydrogen) atoms. The van der Waals surface area contributed by atoms with E-state index >= 15 is 0 Å². The summed E-state index contributed by atoms with van der Waals surface area (Å²) in [6.45, 7) is 4.04. The van der Waals surface area contributed by atoms with Gasteiger partial charge in [0.05, 0.1) is 6.61 Å². The van der Waals surface area contributed by atoms with Gasteiger partial charge in [-0.15, -0.1) is 0 Å². The number of ether oxygens (including phenoxy) is 1. The number of nitrogens with one attached hydrogen (secondary N) is 1. The van der Waals surface area contributed by atoms with Crippen LogP contribution in [0.1, 0.15) is 44.6 Å². The van der Waals surface area contributed by atoms with Crippen LogP contribution < -0.4 is 10.1 Å². The van der Waals surface area contributed by atoms with Crippen molar-refractivity contribution in [2.75, 3.05) is 18.5 Å². The predicted octanol–water partition coefficient (Wildman–Crippen LogP) is 5.69. The second-order valence-corrected chi connectivity index (χ2v) is 5.95. The lowest BCUT2D eigenvalue weighted by molar-refractivity contribution is 0.311. The van der Waals surface area contributed by atoms with Gasteiger partial charge in [-0.05, 0) is 37.0 Å². The lowest BCUT2D eigenvalue weighted by Gasteiger charge is -2.10. The fourth-order valence-electron chi connectivity index (χ4n) is 2.59. The molecule has 2 heteroatoms. The van der Waals surface area contributed by atoms with Crippen molar-refractivity contribution in [2.45, 2.75) is 45.4 Å². The van der Waals surface area contributed by atoms with Crippen molar-refractivity contribution in [1.82, 2.24) is 0 Å². The first-order chi connectivity index (χ1) is 11.4. The van der Waals surface area contributed by atoms with Crippen LogP contribution in [0.2, 0.25) is 0 Å². The molecule has 0 atom stereocenters. The Labute approximate surface area is 140 Å². The van der Waals surface area contributed by atoms with Gasteiger partial charge in [0.2, 0.25) is 0 Å². The van der Waals surface area contributed by atoms with E-state index in [2.05, 4.69) is 60.8 Å². The molecule has 0 saturated heterocycles. The van der Waals surface area contributed by atoms with Crippen molar-refractivity contribution in [1.29, 1.82) is 0 Å². The minimum Gasteiger partial charge on any atom is -0.494 e. The van der Waals surface area contributed by atoms with E-state index in [0.29, 0.717) is 0 Å². The van der Waals surface area contributed by atoms with E-state index in [-0.39, 0.29) is 0 Å². The quantitative estimate of drug-likeness (QED) is 0.538. The van der Waals surface area contributed by atoms with Crippen LogP contribution in [0.4, 0.5) is 5.69 Å². The zero-order chi connectivity index (χ0) is 16.2. The standard InChI is InChI=1S/C21H29NO/c1-2-3-4-8-16-22-20-14-9-15-21(18-20)23-17-10-13-19-11-6-5-7-12-19/h5-7,9,11-12,14-15,18,22H,2-4,8,10,13,16-17H2,1H3. The number of anilines is 1. The highest BCUT2D eigenvalue weighted by atomic mass is 16.5. The smallest absolute Gasteiger partial charge is 0.121 e. The topological polar surface area (TPSA) is 21.3 Å². The summed E-state index contributed by atoms with van der Waals surface area (Å²) in [6, 6.07) is 18.9. The molecule has 0 amide bonds. The maximum atomic E-state index is 5.87. The first-order valence-electron chi connectivity index (χ1n) is 8.89. The van der Waals surface area contributed by atoms with Crippen LogP contribution in [0.15, 0.2) is 54.6 Å². The molecule has 2 nitrogen and oxygen atoms in total. The van der Waals surface area contributed by atoms with E-state index in [1.165, 1.54) is 31.2 Å². The molecule has 0 unspecified atom stereocenters. The normalized spacial score (nSPS) is 10.5. The molecule has 2 aromatic carbocycles. The van der Waals surface area contributed by atoms with Crippen LogP contribution in [-0.4, -0.2) is 13.2 Å². The van der Waals surface area contributed by atoms with Gasteiger partial charge in [-0.25, -0.2) is 0 Å². The fraction of sp³-hybridized carbons (Fsp3) is 0.429. The van der Waals surface area contributed by atoms with Crippen molar-refractivity contribution in [2.24, 2.45) is 0 Å². The Balaban J connectivity index is 1.66. The van der Waals surface area contributed by atoms with Crippen LogP contribution in [0.25, 0.3) is 0 Å². The first kappa shape index (κ1) is 17.4. The van der Waals surface area contributed by atoms with Crippen molar-refractivity contribution < 1.29 is 4.74 Å². The Bertz CT molecular complexity index is 539. The lowest BCUT2D eigenvalue weighted by atomic mass is 10.1. The predicted molar refractivity (Wildman–Crippen MR) is 99.3 cm³/mol. The molecule has 0 aromatic heterocycles. The minimum absolute atomic E-state index is 0.759. The minimum atomic E-state index is 0.759. The van der Waals surface area contributed by atoms with Gasteiger partial charge in [0.25, 0.3) is 0 Å². The number of hydrogen-bond acceptors (Lipinski definition) is 2. The molecular formula is C21H29NO. The van der Waals surface area contributed by atoms with Gasteiger partial charge in [0.1, 0.15) is 5.75 Å².